The maximum atomic E-state index is 12.9. The summed E-state index contributed by atoms with van der Waals surface area (Å²) in [6.45, 7) is -0.241. The van der Waals surface area contributed by atoms with Crippen molar-refractivity contribution in [3.05, 3.63) is 0 Å². The molecule has 1 aliphatic rings. The fourth-order valence-electron chi connectivity index (χ4n) is 2.96. The smallest absolute Gasteiger partial charge is 0.328 e. The molecule has 11 heteroatoms. The van der Waals surface area contributed by atoms with E-state index in [1.165, 1.54) is 4.90 Å². The lowest BCUT2D eigenvalue weighted by Gasteiger charge is -2.29. The molecule has 11 nitrogen and oxygen atoms in total. The number of amides is 3. The van der Waals surface area contributed by atoms with Gasteiger partial charge in [-0.15, -0.1) is 0 Å². The highest BCUT2D eigenvalue weighted by Crippen LogP contribution is 2.20. The molecule has 154 valence electrons. The van der Waals surface area contributed by atoms with Gasteiger partial charge in [0.25, 0.3) is 0 Å². The van der Waals surface area contributed by atoms with Crippen LogP contribution >= 0.6 is 0 Å². The lowest BCUT2D eigenvalue weighted by Crippen LogP contribution is -2.56. The van der Waals surface area contributed by atoms with E-state index < -0.39 is 48.4 Å². The van der Waals surface area contributed by atoms with E-state index in [9.17, 15) is 19.2 Å². The first kappa shape index (κ1) is 22.8. The zero-order valence-corrected chi connectivity index (χ0v) is 15.2. The fraction of sp³-hybridized carbons (Fsp3) is 0.750. The van der Waals surface area contributed by atoms with Gasteiger partial charge >= 0.3 is 5.97 Å². The minimum absolute atomic E-state index is 0.263. The number of aliphatic hydroxyl groups is 1. The fourth-order valence-corrected chi connectivity index (χ4v) is 2.96. The Hall–Kier alpha value is -2.24. The molecule has 0 aromatic rings. The van der Waals surface area contributed by atoms with Crippen molar-refractivity contribution < 1.29 is 29.4 Å². The third-order valence-electron chi connectivity index (χ3n) is 4.40. The van der Waals surface area contributed by atoms with E-state index in [4.69, 9.17) is 21.7 Å². The Morgan fingerprint density at radius 3 is 2.37 bits per heavy atom. The third kappa shape index (κ3) is 6.77. The summed E-state index contributed by atoms with van der Waals surface area (Å²) in [5.74, 6) is -2.90. The first-order valence-electron chi connectivity index (χ1n) is 8.99. The number of nitrogens with zero attached hydrogens (tertiary/aromatic N) is 1. The highest BCUT2D eigenvalue weighted by atomic mass is 16.4. The van der Waals surface area contributed by atoms with Gasteiger partial charge in [-0.2, -0.15) is 0 Å². The van der Waals surface area contributed by atoms with Gasteiger partial charge in [0.1, 0.15) is 18.1 Å². The van der Waals surface area contributed by atoms with Crippen molar-refractivity contribution in [2.24, 2.45) is 11.5 Å². The van der Waals surface area contributed by atoms with E-state index in [2.05, 4.69) is 10.6 Å². The zero-order valence-electron chi connectivity index (χ0n) is 15.2. The van der Waals surface area contributed by atoms with Crippen LogP contribution in [0.3, 0.4) is 0 Å². The van der Waals surface area contributed by atoms with Crippen LogP contribution in [0.5, 0.6) is 0 Å². The van der Waals surface area contributed by atoms with Crippen molar-refractivity contribution in [2.75, 3.05) is 26.2 Å². The number of carboxylic acid groups (broad SMARTS) is 1. The molecule has 1 saturated heterocycles. The molecule has 1 aliphatic heterocycles. The van der Waals surface area contributed by atoms with Gasteiger partial charge in [0.05, 0.1) is 13.2 Å². The molecule has 8 N–H and O–H groups in total. The Morgan fingerprint density at radius 1 is 1.11 bits per heavy atom. The molecular formula is C16H29N5O6. The summed E-state index contributed by atoms with van der Waals surface area (Å²) in [5.41, 5.74) is 10.8. The Balaban J connectivity index is 2.83. The predicted molar refractivity (Wildman–Crippen MR) is 95.3 cm³/mol. The minimum Gasteiger partial charge on any atom is -0.480 e. The number of hydrogen-bond acceptors (Lipinski definition) is 7. The summed E-state index contributed by atoms with van der Waals surface area (Å²) in [4.78, 5) is 49.2. The molecule has 27 heavy (non-hydrogen) atoms. The SMILES string of the molecule is NCCCCC(NC(=O)CN)C(=O)N1CCCC1C(=O)NC(CO)C(=O)O. The average Bonchev–Trinajstić information content (AvgIpc) is 3.14. The van der Waals surface area contributed by atoms with Gasteiger partial charge in [-0.25, -0.2) is 4.79 Å². The molecule has 3 unspecified atom stereocenters. The Labute approximate surface area is 157 Å². The van der Waals surface area contributed by atoms with Gasteiger partial charge < -0.3 is 37.2 Å². The van der Waals surface area contributed by atoms with Crippen LogP contribution in [0.15, 0.2) is 0 Å². The second kappa shape index (κ2) is 11.5. The number of carbonyl (C=O) groups is 4. The highest BCUT2D eigenvalue weighted by Gasteiger charge is 2.38. The molecule has 0 saturated carbocycles. The van der Waals surface area contributed by atoms with E-state index in [-0.39, 0.29) is 6.54 Å². The van der Waals surface area contributed by atoms with Crippen LogP contribution in [0.1, 0.15) is 32.1 Å². The van der Waals surface area contributed by atoms with E-state index in [0.717, 1.165) is 0 Å². The molecule has 0 radical (unpaired) electrons. The third-order valence-corrected chi connectivity index (χ3v) is 4.40. The van der Waals surface area contributed by atoms with E-state index in [0.29, 0.717) is 45.2 Å². The van der Waals surface area contributed by atoms with Gasteiger partial charge in [0, 0.05) is 6.54 Å². The highest BCUT2D eigenvalue weighted by molar-refractivity contribution is 5.94. The van der Waals surface area contributed by atoms with Gasteiger partial charge in [-0.3, -0.25) is 14.4 Å². The van der Waals surface area contributed by atoms with Crippen LogP contribution in [0, 0.1) is 0 Å². The van der Waals surface area contributed by atoms with Crippen molar-refractivity contribution in [2.45, 2.75) is 50.2 Å². The van der Waals surface area contributed by atoms with Crippen LogP contribution in [0.4, 0.5) is 0 Å². The number of aliphatic hydroxyl groups excluding tert-OH is 1. The molecule has 3 atom stereocenters. The van der Waals surface area contributed by atoms with Crippen LogP contribution in [-0.4, -0.2) is 83.2 Å². The number of carboxylic acids is 1. The standard InChI is InChI=1S/C16H29N5O6/c17-6-2-1-4-10(19-13(23)8-18)15(25)21-7-3-5-12(21)14(24)20-11(9-22)16(26)27/h10-12,22H,1-9,17-18H2,(H,19,23)(H,20,24)(H,26,27). The summed E-state index contributed by atoms with van der Waals surface area (Å²) in [6, 6.07) is -3.11. The molecule has 1 fully saturated rings. The second-order valence-corrected chi connectivity index (χ2v) is 6.38. The maximum Gasteiger partial charge on any atom is 0.328 e. The summed E-state index contributed by atoms with van der Waals surface area (Å²) in [7, 11) is 0. The molecule has 0 aliphatic carbocycles. The molecule has 0 aromatic heterocycles. The van der Waals surface area contributed by atoms with Crippen LogP contribution in [0.2, 0.25) is 0 Å². The molecule has 0 spiro atoms. The topological polar surface area (TPSA) is 188 Å². The number of nitrogens with one attached hydrogen (secondary N) is 2. The number of aliphatic carboxylic acids is 1. The number of nitrogens with two attached hydrogens (primary N) is 2. The summed E-state index contributed by atoms with van der Waals surface area (Å²) in [6.07, 6.45) is 2.61. The number of likely N-dealkylation sites (tertiary alicyclic amines) is 1. The van der Waals surface area contributed by atoms with Crippen molar-refractivity contribution in [3.63, 3.8) is 0 Å². The summed E-state index contributed by atoms with van der Waals surface area (Å²) in [5, 5.41) is 22.8. The van der Waals surface area contributed by atoms with Gasteiger partial charge in [-0.1, -0.05) is 0 Å². The largest absolute Gasteiger partial charge is 0.480 e. The monoisotopic (exact) mass is 387 g/mol. The van der Waals surface area contributed by atoms with Crippen molar-refractivity contribution in [1.29, 1.82) is 0 Å². The van der Waals surface area contributed by atoms with E-state index in [1.807, 2.05) is 0 Å². The molecule has 3 amide bonds. The lowest BCUT2D eigenvalue weighted by atomic mass is 10.1. The quantitative estimate of drug-likeness (QED) is 0.204. The first-order valence-corrected chi connectivity index (χ1v) is 8.99. The molecule has 0 bridgehead atoms. The number of carbonyl (C=O) groups excluding carboxylic acids is 3. The average molecular weight is 387 g/mol. The lowest BCUT2D eigenvalue weighted by molar-refractivity contribution is -0.145. The van der Waals surface area contributed by atoms with E-state index >= 15 is 0 Å². The zero-order chi connectivity index (χ0) is 20.4. The van der Waals surface area contributed by atoms with Crippen molar-refractivity contribution >= 4 is 23.7 Å². The minimum atomic E-state index is -1.44. The summed E-state index contributed by atoms with van der Waals surface area (Å²) < 4.78 is 0. The molecule has 0 aromatic carbocycles. The summed E-state index contributed by atoms with van der Waals surface area (Å²) >= 11 is 0. The van der Waals surface area contributed by atoms with Crippen molar-refractivity contribution in [1.82, 2.24) is 15.5 Å². The van der Waals surface area contributed by atoms with Gasteiger partial charge in [0.2, 0.25) is 17.7 Å². The Kier molecular flexibility index (Phi) is 9.68. The Bertz CT molecular complexity index is 543. The van der Waals surface area contributed by atoms with Crippen LogP contribution in [-0.2, 0) is 19.2 Å². The molecule has 1 rings (SSSR count). The van der Waals surface area contributed by atoms with Gasteiger partial charge in [0.15, 0.2) is 0 Å². The van der Waals surface area contributed by atoms with Crippen molar-refractivity contribution in [3.8, 4) is 0 Å². The first-order chi connectivity index (χ1) is 12.8. The predicted octanol–water partition coefficient (Wildman–Crippen LogP) is -2.89. The maximum absolute atomic E-state index is 12.9. The van der Waals surface area contributed by atoms with Crippen LogP contribution < -0.4 is 22.1 Å². The molecular weight excluding hydrogens is 358 g/mol. The normalized spacial score (nSPS) is 18.6. The second-order valence-electron chi connectivity index (χ2n) is 6.38. The number of unbranched alkanes of at least 4 members (excludes halogenated alkanes) is 1. The Morgan fingerprint density at radius 2 is 1.81 bits per heavy atom. The number of hydrogen-bond donors (Lipinski definition) is 6. The van der Waals surface area contributed by atoms with E-state index in [1.54, 1.807) is 0 Å². The number of rotatable bonds is 11. The van der Waals surface area contributed by atoms with Gasteiger partial charge in [-0.05, 0) is 38.6 Å². The van der Waals surface area contributed by atoms with Crippen LogP contribution in [0.25, 0.3) is 0 Å². The molecule has 1 heterocycles.